The van der Waals surface area contributed by atoms with Gasteiger partial charge in [-0.15, -0.1) is 0 Å². The van der Waals surface area contributed by atoms with Gasteiger partial charge in [-0.3, -0.25) is 0 Å². The second-order valence-corrected chi connectivity index (χ2v) is 2.37. The number of H-pyrrole nitrogens is 1. The Morgan fingerprint density at radius 3 is 3.08 bits per heavy atom. The average Bonchev–Trinajstić information content (AvgIpc) is 2.53. The molecule has 0 unspecified atom stereocenters. The van der Waals surface area contributed by atoms with Gasteiger partial charge in [-0.25, -0.2) is 4.98 Å². The number of nitrogens with zero attached hydrogens (tertiary/aromatic N) is 2. The van der Waals surface area contributed by atoms with E-state index in [0.29, 0.717) is 5.52 Å². The minimum Gasteiger partial charge on any atom is -0.504 e. The zero-order valence-corrected chi connectivity index (χ0v) is 6.07. The van der Waals surface area contributed by atoms with E-state index in [0.717, 1.165) is 5.52 Å². The molecule has 4 heteroatoms. The van der Waals surface area contributed by atoms with E-state index in [1.165, 1.54) is 6.33 Å². The summed E-state index contributed by atoms with van der Waals surface area (Å²) in [5.74, 6) is -0.0590. The Morgan fingerprint density at radius 1 is 1.50 bits per heavy atom. The number of hydrogen-bond acceptors (Lipinski definition) is 3. The summed E-state index contributed by atoms with van der Waals surface area (Å²) in [7, 11) is 0. The van der Waals surface area contributed by atoms with E-state index < -0.39 is 0 Å². The zero-order valence-electron chi connectivity index (χ0n) is 6.07. The highest BCUT2D eigenvalue weighted by atomic mass is 16.3. The van der Waals surface area contributed by atoms with Crippen molar-refractivity contribution in [1.82, 2.24) is 9.97 Å². The van der Waals surface area contributed by atoms with E-state index in [1.807, 2.05) is 6.07 Å². The van der Waals surface area contributed by atoms with Crippen molar-refractivity contribution in [2.75, 3.05) is 0 Å². The van der Waals surface area contributed by atoms with Gasteiger partial charge in [0.1, 0.15) is 11.6 Å². The Hall–Kier alpha value is -2.02. The largest absolute Gasteiger partial charge is 0.504 e. The lowest BCUT2D eigenvalue weighted by Crippen LogP contribution is -1.77. The second-order valence-electron chi connectivity index (χ2n) is 2.37. The number of rotatable bonds is 0. The molecule has 0 bridgehead atoms. The number of phenolic OH excluding ortho intramolecular Hbond substituents is 1. The van der Waals surface area contributed by atoms with Crippen LogP contribution >= 0.6 is 0 Å². The predicted molar refractivity (Wildman–Crippen MR) is 42.5 cm³/mol. The van der Waals surface area contributed by atoms with Gasteiger partial charge in [-0.2, -0.15) is 5.26 Å². The SMILES string of the molecule is N#Cc1ccc2[nH]cnc2c1O. The number of aromatic amines is 1. The first-order chi connectivity index (χ1) is 5.83. The Bertz CT molecular complexity index is 467. The molecule has 58 valence electrons. The Kier molecular flexibility index (Phi) is 1.25. The quantitative estimate of drug-likeness (QED) is 0.605. The van der Waals surface area contributed by atoms with Crippen molar-refractivity contribution in [3.8, 4) is 11.8 Å². The van der Waals surface area contributed by atoms with Gasteiger partial charge >= 0.3 is 0 Å². The number of nitriles is 1. The zero-order chi connectivity index (χ0) is 8.55. The molecule has 0 atom stereocenters. The molecular formula is C8H5N3O. The normalized spacial score (nSPS) is 9.92. The third kappa shape index (κ3) is 0.736. The smallest absolute Gasteiger partial charge is 0.161 e. The lowest BCUT2D eigenvalue weighted by molar-refractivity contribution is 0.479. The summed E-state index contributed by atoms with van der Waals surface area (Å²) in [5, 5.41) is 18.0. The van der Waals surface area contributed by atoms with Crippen molar-refractivity contribution in [3.05, 3.63) is 24.0 Å². The van der Waals surface area contributed by atoms with Crippen LogP contribution in [0.25, 0.3) is 11.0 Å². The lowest BCUT2D eigenvalue weighted by atomic mass is 10.2. The average molecular weight is 159 g/mol. The van der Waals surface area contributed by atoms with Crippen molar-refractivity contribution in [2.45, 2.75) is 0 Å². The van der Waals surface area contributed by atoms with E-state index in [-0.39, 0.29) is 11.3 Å². The number of hydrogen-bond donors (Lipinski definition) is 2. The minimum absolute atomic E-state index is 0.0590. The summed E-state index contributed by atoms with van der Waals surface area (Å²) in [4.78, 5) is 6.70. The van der Waals surface area contributed by atoms with Gasteiger partial charge in [-0.05, 0) is 12.1 Å². The van der Waals surface area contributed by atoms with Gasteiger partial charge in [0.25, 0.3) is 0 Å². The van der Waals surface area contributed by atoms with E-state index >= 15 is 0 Å². The van der Waals surface area contributed by atoms with Crippen LogP contribution in [0.5, 0.6) is 5.75 Å². The molecule has 12 heavy (non-hydrogen) atoms. The topological polar surface area (TPSA) is 72.7 Å². The summed E-state index contributed by atoms with van der Waals surface area (Å²) in [5.41, 5.74) is 1.41. The number of imidazole rings is 1. The molecule has 0 aliphatic carbocycles. The van der Waals surface area contributed by atoms with Crippen LogP contribution in [0.15, 0.2) is 18.5 Å². The van der Waals surface area contributed by atoms with Crippen LogP contribution in [0, 0.1) is 11.3 Å². The molecule has 0 radical (unpaired) electrons. The highest BCUT2D eigenvalue weighted by molar-refractivity contribution is 5.83. The minimum atomic E-state index is -0.0590. The molecule has 4 nitrogen and oxygen atoms in total. The highest BCUT2D eigenvalue weighted by Gasteiger charge is 2.06. The van der Waals surface area contributed by atoms with Crippen LogP contribution in [0.1, 0.15) is 5.56 Å². The third-order valence-corrected chi connectivity index (χ3v) is 1.69. The first kappa shape index (κ1) is 6.68. The Labute approximate surface area is 68.1 Å². The standard InChI is InChI=1S/C8H5N3O/c9-3-5-1-2-6-7(8(5)12)11-4-10-6/h1-2,4,12H,(H,10,11). The molecule has 2 N–H and O–H groups in total. The molecule has 1 aromatic carbocycles. The number of phenols is 1. The first-order valence-electron chi connectivity index (χ1n) is 3.38. The molecule has 0 aliphatic heterocycles. The maximum Gasteiger partial charge on any atom is 0.161 e. The van der Waals surface area contributed by atoms with Crippen molar-refractivity contribution in [1.29, 1.82) is 5.26 Å². The first-order valence-corrected chi connectivity index (χ1v) is 3.38. The van der Waals surface area contributed by atoms with E-state index in [1.54, 1.807) is 12.1 Å². The van der Waals surface area contributed by atoms with Crippen LogP contribution in [-0.4, -0.2) is 15.1 Å². The number of aromatic nitrogens is 2. The fourth-order valence-electron chi connectivity index (χ4n) is 1.08. The van der Waals surface area contributed by atoms with Crippen LogP contribution in [0.4, 0.5) is 0 Å². The Balaban J connectivity index is 2.89. The molecule has 0 fully saturated rings. The van der Waals surface area contributed by atoms with Gasteiger partial charge in [-0.1, -0.05) is 0 Å². The van der Waals surface area contributed by atoms with E-state index in [4.69, 9.17) is 5.26 Å². The lowest BCUT2D eigenvalue weighted by Gasteiger charge is -1.94. The highest BCUT2D eigenvalue weighted by Crippen LogP contribution is 2.24. The van der Waals surface area contributed by atoms with Crippen molar-refractivity contribution in [3.63, 3.8) is 0 Å². The molecule has 0 aliphatic rings. The van der Waals surface area contributed by atoms with Crippen molar-refractivity contribution >= 4 is 11.0 Å². The summed E-state index contributed by atoms with van der Waals surface area (Å²) in [6.45, 7) is 0. The Morgan fingerprint density at radius 2 is 2.33 bits per heavy atom. The summed E-state index contributed by atoms with van der Waals surface area (Å²) >= 11 is 0. The predicted octanol–water partition coefficient (Wildman–Crippen LogP) is 1.14. The van der Waals surface area contributed by atoms with E-state index in [9.17, 15) is 5.11 Å². The molecule has 0 amide bonds. The third-order valence-electron chi connectivity index (χ3n) is 1.69. The maximum absolute atomic E-state index is 9.43. The molecule has 0 saturated carbocycles. The van der Waals surface area contributed by atoms with Crippen molar-refractivity contribution in [2.24, 2.45) is 0 Å². The fraction of sp³-hybridized carbons (Fsp3) is 0. The van der Waals surface area contributed by atoms with Crippen LogP contribution in [0.2, 0.25) is 0 Å². The molecule has 2 rings (SSSR count). The summed E-state index contributed by atoms with van der Waals surface area (Å²) < 4.78 is 0. The van der Waals surface area contributed by atoms with Crippen LogP contribution in [0.3, 0.4) is 0 Å². The molecule has 2 aromatic rings. The molecular weight excluding hydrogens is 154 g/mol. The molecule has 0 saturated heterocycles. The van der Waals surface area contributed by atoms with Gasteiger partial charge in [0.15, 0.2) is 5.75 Å². The monoisotopic (exact) mass is 159 g/mol. The summed E-state index contributed by atoms with van der Waals surface area (Å²) in [6.07, 6.45) is 1.48. The molecule has 1 heterocycles. The number of aromatic hydroxyl groups is 1. The van der Waals surface area contributed by atoms with Gasteiger partial charge in [0.2, 0.25) is 0 Å². The second kappa shape index (κ2) is 2.24. The van der Waals surface area contributed by atoms with Gasteiger partial charge in [0, 0.05) is 0 Å². The number of fused-ring (bicyclic) bond motifs is 1. The maximum atomic E-state index is 9.43. The van der Waals surface area contributed by atoms with Gasteiger partial charge in [0.05, 0.1) is 17.4 Å². The number of nitrogens with one attached hydrogen (secondary N) is 1. The summed E-state index contributed by atoms with van der Waals surface area (Å²) in [6, 6.07) is 5.13. The van der Waals surface area contributed by atoms with Crippen molar-refractivity contribution < 1.29 is 5.11 Å². The van der Waals surface area contributed by atoms with Gasteiger partial charge < -0.3 is 10.1 Å². The van der Waals surface area contributed by atoms with Crippen LogP contribution in [-0.2, 0) is 0 Å². The van der Waals surface area contributed by atoms with Crippen LogP contribution < -0.4 is 0 Å². The number of benzene rings is 1. The molecule has 0 spiro atoms. The fourth-order valence-corrected chi connectivity index (χ4v) is 1.08. The van der Waals surface area contributed by atoms with E-state index in [2.05, 4.69) is 9.97 Å². The molecule has 1 aromatic heterocycles.